The van der Waals surface area contributed by atoms with E-state index >= 15 is 0 Å². The number of rotatable bonds is 5. The van der Waals surface area contributed by atoms with Crippen molar-refractivity contribution in [2.45, 2.75) is 25.7 Å². The molecule has 0 bridgehead atoms. The van der Waals surface area contributed by atoms with Crippen LogP contribution in [0.2, 0.25) is 0 Å². The zero-order valence-electron chi connectivity index (χ0n) is 21.2. The van der Waals surface area contributed by atoms with Gasteiger partial charge in [-0.3, -0.25) is 14.9 Å². The second-order valence-electron chi connectivity index (χ2n) is 10.2. The first-order chi connectivity index (χ1) is 19.1. The topological polar surface area (TPSA) is 86.5 Å². The van der Waals surface area contributed by atoms with Crippen molar-refractivity contribution in [3.63, 3.8) is 0 Å². The summed E-state index contributed by atoms with van der Waals surface area (Å²) >= 11 is 0. The summed E-state index contributed by atoms with van der Waals surface area (Å²) in [6.45, 7) is 0. The summed E-state index contributed by atoms with van der Waals surface area (Å²) in [5.74, 6) is -0.0841. The molecule has 0 radical (unpaired) electrons. The molecule has 3 aromatic carbocycles. The number of carbonyl (C=O) groups is 1. The van der Waals surface area contributed by atoms with E-state index in [9.17, 15) is 9.18 Å². The maximum absolute atomic E-state index is 14.6. The normalized spacial score (nSPS) is 13.9. The van der Waals surface area contributed by atoms with Gasteiger partial charge in [-0.2, -0.15) is 5.10 Å². The minimum atomic E-state index is -0.252. The zero-order valence-corrected chi connectivity index (χ0v) is 21.2. The van der Waals surface area contributed by atoms with Crippen LogP contribution in [-0.2, 0) is 4.79 Å². The maximum atomic E-state index is 14.6. The van der Waals surface area contributed by atoms with Crippen molar-refractivity contribution in [2.75, 3.05) is 5.32 Å². The highest BCUT2D eigenvalue weighted by molar-refractivity contribution is 6.02. The van der Waals surface area contributed by atoms with Crippen molar-refractivity contribution in [3.8, 4) is 33.6 Å². The lowest BCUT2D eigenvalue weighted by atomic mass is 10.0. The number of hydrogen-bond donors (Lipinski definition) is 3. The maximum Gasteiger partial charge on any atom is 0.227 e. The van der Waals surface area contributed by atoms with Gasteiger partial charge in [0.25, 0.3) is 0 Å². The van der Waals surface area contributed by atoms with Crippen LogP contribution in [0.3, 0.4) is 0 Å². The van der Waals surface area contributed by atoms with E-state index < -0.39 is 0 Å². The molecule has 7 rings (SSSR count). The van der Waals surface area contributed by atoms with E-state index in [0.717, 1.165) is 75.6 Å². The number of benzene rings is 3. The molecular formula is C32H26FN5O. The fourth-order valence-electron chi connectivity index (χ4n) is 5.69. The molecule has 1 saturated carbocycles. The molecule has 6 nitrogen and oxygen atoms in total. The van der Waals surface area contributed by atoms with Gasteiger partial charge in [0.05, 0.1) is 23.1 Å². The summed E-state index contributed by atoms with van der Waals surface area (Å²) in [5, 5.41) is 12.7. The zero-order chi connectivity index (χ0) is 26.3. The number of aromatic amines is 2. The highest BCUT2D eigenvalue weighted by Crippen LogP contribution is 2.36. The van der Waals surface area contributed by atoms with Crippen molar-refractivity contribution in [2.24, 2.45) is 5.92 Å². The summed E-state index contributed by atoms with van der Waals surface area (Å²) in [6, 6.07) is 22.8. The highest BCUT2D eigenvalue weighted by atomic mass is 19.1. The first-order valence-corrected chi connectivity index (χ1v) is 13.3. The number of anilines is 1. The van der Waals surface area contributed by atoms with Gasteiger partial charge < -0.3 is 10.3 Å². The largest absolute Gasteiger partial charge is 0.353 e. The number of amides is 1. The SMILES string of the molecule is O=C(Nc1cncc(-c2ccc3[nH]nc(-c4cc5c(-c6ccccc6F)cccc5[nH]4)c3c2)c1)C1CCCC1. The Bertz CT molecular complexity index is 1850. The van der Waals surface area contributed by atoms with E-state index in [1.54, 1.807) is 24.5 Å². The third-order valence-corrected chi connectivity index (χ3v) is 7.71. The molecule has 3 N–H and O–H groups in total. The fourth-order valence-corrected chi connectivity index (χ4v) is 5.69. The number of fused-ring (bicyclic) bond motifs is 2. The lowest BCUT2D eigenvalue weighted by Crippen LogP contribution is -2.20. The Morgan fingerprint density at radius 1 is 0.846 bits per heavy atom. The van der Waals surface area contributed by atoms with Gasteiger partial charge in [-0.1, -0.05) is 49.2 Å². The summed E-state index contributed by atoms with van der Waals surface area (Å²) in [4.78, 5) is 20.5. The van der Waals surface area contributed by atoms with Crippen molar-refractivity contribution < 1.29 is 9.18 Å². The number of H-pyrrole nitrogens is 2. The van der Waals surface area contributed by atoms with Crippen LogP contribution in [0.25, 0.3) is 55.4 Å². The van der Waals surface area contributed by atoms with Crippen LogP contribution in [0, 0.1) is 11.7 Å². The van der Waals surface area contributed by atoms with Crippen LogP contribution in [-0.4, -0.2) is 26.1 Å². The van der Waals surface area contributed by atoms with Gasteiger partial charge in [-0.25, -0.2) is 4.39 Å². The molecule has 1 amide bonds. The molecule has 0 spiro atoms. The molecule has 6 aromatic rings. The number of halogens is 1. The number of nitrogens with one attached hydrogen (secondary N) is 3. The predicted octanol–water partition coefficient (Wildman–Crippen LogP) is 7.71. The smallest absolute Gasteiger partial charge is 0.227 e. The molecule has 1 fully saturated rings. The van der Waals surface area contributed by atoms with Crippen LogP contribution in [0.4, 0.5) is 10.1 Å². The van der Waals surface area contributed by atoms with Gasteiger partial charge in [0, 0.05) is 39.5 Å². The van der Waals surface area contributed by atoms with Crippen LogP contribution in [0.1, 0.15) is 25.7 Å². The van der Waals surface area contributed by atoms with E-state index in [4.69, 9.17) is 0 Å². The van der Waals surface area contributed by atoms with Gasteiger partial charge in [-0.05, 0) is 60.4 Å². The van der Waals surface area contributed by atoms with Gasteiger partial charge >= 0.3 is 0 Å². The number of aromatic nitrogens is 4. The number of hydrogen-bond acceptors (Lipinski definition) is 3. The number of carbonyl (C=O) groups excluding carboxylic acids is 1. The summed E-state index contributed by atoms with van der Waals surface area (Å²) < 4.78 is 14.6. The molecule has 39 heavy (non-hydrogen) atoms. The van der Waals surface area contributed by atoms with Crippen molar-refractivity contribution >= 4 is 33.4 Å². The molecule has 0 aliphatic heterocycles. The standard InChI is InChI=1S/C32H26FN5O/c33-27-10-4-3-8-24(27)23-9-5-11-28-25(23)16-30(36-28)31-26-15-20(12-13-29(26)37-38-31)21-14-22(18-34-17-21)35-32(39)19-6-1-2-7-19/h3-5,8-19,36H,1-2,6-7H2,(H,35,39)(H,37,38). The third-order valence-electron chi connectivity index (χ3n) is 7.71. The van der Waals surface area contributed by atoms with Crippen LogP contribution in [0.5, 0.6) is 0 Å². The van der Waals surface area contributed by atoms with Gasteiger partial charge in [0.1, 0.15) is 11.5 Å². The van der Waals surface area contributed by atoms with E-state index in [0.29, 0.717) is 11.3 Å². The van der Waals surface area contributed by atoms with E-state index in [2.05, 4.69) is 31.5 Å². The Morgan fingerprint density at radius 3 is 2.56 bits per heavy atom. The Balaban J connectivity index is 1.25. The lowest BCUT2D eigenvalue weighted by molar-refractivity contribution is -0.119. The van der Waals surface area contributed by atoms with Crippen molar-refractivity contribution in [1.82, 2.24) is 20.2 Å². The fraction of sp³-hybridized carbons (Fsp3) is 0.156. The Morgan fingerprint density at radius 2 is 1.69 bits per heavy atom. The molecule has 7 heteroatoms. The predicted molar refractivity (Wildman–Crippen MR) is 153 cm³/mol. The number of pyridine rings is 1. The lowest BCUT2D eigenvalue weighted by Gasteiger charge is -2.11. The Labute approximate surface area is 224 Å². The highest BCUT2D eigenvalue weighted by Gasteiger charge is 2.23. The molecule has 1 aliphatic carbocycles. The van der Waals surface area contributed by atoms with E-state index in [1.807, 2.05) is 48.5 Å². The molecule has 0 atom stereocenters. The van der Waals surface area contributed by atoms with Crippen LogP contribution >= 0.6 is 0 Å². The third kappa shape index (κ3) is 4.26. The first-order valence-electron chi connectivity index (χ1n) is 13.3. The van der Waals surface area contributed by atoms with E-state index in [-0.39, 0.29) is 17.6 Å². The molecule has 1 aliphatic rings. The second kappa shape index (κ2) is 9.51. The van der Waals surface area contributed by atoms with Gasteiger partial charge in [-0.15, -0.1) is 0 Å². The molecule has 0 unspecified atom stereocenters. The average molecular weight is 516 g/mol. The van der Waals surface area contributed by atoms with E-state index in [1.165, 1.54) is 6.07 Å². The summed E-state index contributed by atoms with van der Waals surface area (Å²) in [7, 11) is 0. The Kier molecular flexibility index (Phi) is 5.69. The van der Waals surface area contributed by atoms with Crippen molar-refractivity contribution in [1.29, 1.82) is 0 Å². The monoisotopic (exact) mass is 515 g/mol. The molecular weight excluding hydrogens is 489 g/mol. The average Bonchev–Trinajstić information content (AvgIpc) is 3.73. The number of nitrogens with zero attached hydrogens (tertiary/aromatic N) is 2. The molecule has 192 valence electrons. The summed E-state index contributed by atoms with van der Waals surface area (Å²) in [5.41, 5.74) is 7.41. The minimum Gasteiger partial charge on any atom is -0.353 e. The van der Waals surface area contributed by atoms with Crippen LogP contribution < -0.4 is 5.32 Å². The van der Waals surface area contributed by atoms with Crippen molar-refractivity contribution in [3.05, 3.63) is 91.0 Å². The minimum absolute atomic E-state index is 0.0765. The quantitative estimate of drug-likeness (QED) is 0.220. The van der Waals surface area contributed by atoms with Gasteiger partial charge in [0.2, 0.25) is 5.91 Å². The first kappa shape index (κ1) is 23.3. The molecule has 0 saturated heterocycles. The second-order valence-corrected chi connectivity index (χ2v) is 10.2. The van der Waals surface area contributed by atoms with Gasteiger partial charge in [0.15, 0.2) is 0 Å². The summed E-state index contributed by atoms with van der Waals surface area (Å²) in [6.07, 6.45) is 7.63. The Hall–Kier alpha value is -4.78. The molecule has 3 aromatic heterocycles. The van der Waals surface area contributed by atoms with Crippen LogP contribution in [0.15, 0.2) is 85.2 Å². The molecule has 3 heterocycles.